The Balaban J connectivity index is 0.000000207. The molecule has 3 aliphatic heterocycles. The third-order valence-electron chi connectivity index (χ3n) is 12.0. The van der Waals surface area contributed by atoms with Gasteiger partial charge in [-0.2, -0.15) is 0 Å². The zero-order valence-electron chi connectivity index (χ0n) is 35.5. The minimum Gasteiger partial charge on any atom is -0.465 e. The molecule has 0 aromatic heterocycles. The van der Waals surface area contributed by atoms with Crippen LogP contribution in [0.1, 0.15) is 80.5 Å². The quantitative estimate of drug-likeness (QED) is 0.0643. The Hall–Kier alpha value is -5.89. The lowest BCUT2D eigenvalue weighted by molar-refractivity contribution is -0.142. The number of aliphatic hydroxyl groups is 2. The first-order chi connectivity index (χ1) is 30.1. The summed E-state index contributed by atoms with van der Waals surface area (Å²) >= 11 is 0. The summed E-state index contributed by atoms with van der Waals surface area (Å²) in [5.74, 6) is -0.611. The Morgan fingerprint density at radius 3 is 1.48 bits per heavy atom. The number of urea groups is 1. The van der Waals surface area contributed by atoms with Crippen LogP contribution in [0.3, 0.4) is 0 Å². The first-order valence-electron chi connectivity index (χ1n) is 21.8. The minimum atomic E-state index is -1.31. The fraction of sp³-hybridized carbons (Fsp3) is 0.408. The van der Waals surface area contributed by atoms with E-state index < -0.39 is 17.2 Å². The number of imide groups is 1. The molecule has 328 valence electrons. The molecule has 5 amide bonds. The van der Waals surface area contributed by atoms with Crippen molar-refractivity contribution in [1.82, 2.24) is 25.3 Å². The Labute approximate surface area is 364 Å². The van der Waals surface area contributed by atoms with E-state index in [1.165, 1.54) is 4.90 Å². The Kier molecular flexibility index (Phi) is 16.0. The molecule has 7 rings (SSSR count). The zero-order chi connectivity index (χ0) is 44.0. The molecule has 3 fully saturated rings. The molecular formula is C49H59N5O8. The normalized spacial score (nSPS) is 17.7. The van der Waals surface area contributed by atoms with Gasteiger partial charge in [0.05, 0.1) is 25.2 Å². The van der Waals surface area contributed by atoms with Gasteiger partial charge in [0.15, 0.2) is 0 Å². The highest BCUT2D eigenvalue weighted by molar-refractivity contribution is 6.01. The first kappa shape index (κ1) is 45.6. The van der Waals surface area contributed by atoms with Crippen LogP contribution in [0.25, 0.3) is 0 Å². The number of benzene rings is 4. The molecule has 3 heterocycles. The van der Waals surface area contributed by atoms with Crippen LogP contribution < -0.4 is 10.6 Å². The second-order valence-corrected chi connectivity index (χ2v) is 16.0. The highest BCUT2D eigenvalue weighted by Gasteiger charge is 2.48. The summed E-state index contributed by atoms with van der Waals surface area (Å²) in [6.07, 6.45) is 4.84. The Bertz CT molecular complexity index is 2010. The van der Waals surface area contributed by atoms with Gasteiger partial charge in [0, 0.05) is 32.5 Å². The third kappa shape index (κ3) is 10.8. The maximum atomic E-state index is 13.1. The van der Waals surface area contributed by atoms with Crippen LogP contribution in [0.5, 0.6) is 0 Å². The van der Waals surface area contributed by atoms with E-state index in [2.05, 4.69) is 10.6 Å². The predicted molar refractivity (Wildman–Crippen MR) is 234 cm³/mol. The number of rotatable bonds is 17. The van der Waals surface area contributed by atoms with Crippen molar-refractivity contribution in [2.75, 3.05) is 45.9 Å². The van der Waals surface area contributed by atoms with Crippen molar-refractivity contribution in [2.24, 2.45) is 0 Å². The average molecular weight is 846 g/mol. The third-order valence-corrected chi connectivity index (χ3v) is 12.0. The molecule has 0 bridgehead atoms. The summed E-state index contributed by atoms with van der Waals surface area (Å²) < 4.78 is 4.88. The number of hydrogen-bond donors (Lipinski definition) is 4. The van der Waals surface area contributed by atoms with Crippen molar-refractivity contribution in [3.63, 3.8) is 0 Å². The monoisotopic (exact) mass is 845 g/mol. The van der Waals surface area contributed by atoms with Crippen LogP contribution in [0.2, 0.25) is 0 Å². The van der Waals surface area contributed by atoms with Gasteiger partial charge >= 0.3 is 12.0 Å². The molecule has 62 heavy (non-hydrogen) atoms. The van der Waals surface area contributed by atoms with E-state index in [1.807, 2.05) is 126 Å². The molecule has 0 spiro atoms. The van der Waals surface area contributed by atoms with E-state index in [1.54, 1.807) is 11.8 Å². The van der Waals surface area contributed by atoms with Crippen LogP contribution in [0.4, 0.5) is 4.79 Å². The van der Waals surface area contributed by atoms with Crippen LogP contribution in [-0.4, -0.2) is 113 Å². The summed E-state index contributed by atoms with van der Waals surface area (Å²) in [6, 6.07) is 37.1. The maximum absolute atomic E-state index is 13.1. The molecule has 3 saturated heterocycles. The number of nitrogens with one attached hydrogen (secondary N) is 2. The van der Waals surface area contributed by atoms with Crippen molar-refractivity contribution >= 4 is 29.7 Å². The van der Waals surface area contributed by atoms with Crippen molar-refractivity contribution < 1.29 is 38.9 Å². The molecule has 4 aromatic carbocycles. The van der Waals surface area contributed by atoms with Gasteiger partial charge in [-0.3, -0.25) is 24.5 Å². The summed E-state index contributed by atoms with van der Waals surface area (Å²) in [5, 5.41) is 29.3. The number of amides is 5. The smallest absolute Gasteiger partial charge is 0.324 e. The van der Waals surface area contributed by atoms with Crippen LogP contribution in [0.15, 0.2) is 121 Å². The van der Waals surface area contributed by atoms with E-state index in [4.69, 9.17) is 4.74 Å². The maximum Gasteiger partial charge on any atom is 0.324 e. The molecule has 3 aliphatic rings. The van der Waals surface area contributed by atoms with Crippen molar-refractivity contribution in [2.45, 2.75) is 81.6 Å². The molecule has 0 saturated carbocycles. The minimum absolute atomic E-state index is 0.0331. The number of carbonyl (C=O) groups is 5. The summed E-state index contributed by atoms with van der Waals surface area (Å²) in [7, 11) is 0. The van der Waals surface area contributed by atoms with Gasteiger partial charge in [0.2, 0.25) is 17.7 Å². The number of hydrogen-bond acceptors (Lipinski definition) is 9. The van der Waals surface area contributed by atoms with Gasteiger partial charge in [-0.05, 0) is 74.2 Å². The average Bonchev–Trinajstić information content (AvgIpc) is 4.08. The molecule has 0 unspecified atom stereocenters. The highest BCUT2D eigenvalue weighted by Crippen LogP contribution is 2.42. The molecule has 4 aromatic rings. The fourth-order valence-electron chi connectivity index (χ4n) is 9.01. The highest BCUT2D eigenvalue weighted by atomic mass is 16.5. The van der Waals surface area contributed by atoms with Crippen LogP contribution in [-0.2, 0) is 35.1 Å². The standard InChI is InChI=1S/C25H32N2O4.C24H27N3O4/c1-2-31-24(29)19-26-17-9-16-23(28)27-18-10-15-22(27)25(30,20-11-5-3-6-12-20)21-13-7-4-8-14-21;28-21-17-26(23(30)25-21)15-8-14-22(29)27-16-7-13-20(27)24(31,18-9-3-1-4-10-18)19-11-5-2-6-12-19/h3-8,11-14,22,26,30H,2,9-10,15-19H2,1H3;1-6,9-12,20,31H,7-8,13-17H2,(H,25,28,30)/t22-;20-/m00/s1. The molecule has 0 radical (unpaired) electrons. The number of likely N-dealkylation sites (tertiary alicyclic amines) is 2. The lowest BCUT2D eigenvalue weighted by atomic mass is 9.79. The van der Waals surface area contributed by atoms with Gasteiger partial charge < -0.3 is 35.0 Å². The number of ether oxygens (including phenoxy) is 1. The lowest BCUT2D eigenvalue weighted by Crippen LogP contribution is -2.50. The summed E-state index contributed by atoms with van der Waals surface area (Å²) in [5.41, 5.74) is 0.535. The van der Waals surface area contributed by atoms with Crippen LogP contribution in [0, 0.1) is 0 Å². The molecule has 0 aliphatic carbocycles. The largest absolute Gasteiger partial charge is 0.465 e. The number of esters is 1. The Morgan fingerprint density at radius 2 is 1.10 bits per heavy atom. The van der Waals surface area contributed by atoms with Gasteiger partial charge in [-0.1, -0.05) is 121 Å². The molecular weight excluding hydrogens is 787 g/mol. The van der Waals surface area contributed by atoms with E-state index >= 15 is 0 Å². The first-order valence-corrected chi connectivity index (χ1v) is 21.8. The van der Waals surface area contributed by atoms with E-state index in [9.17, 15) is 34.2 Å². The Morgan fingerprint density at radius 1 is 0.677 bits per heavy atom. The van der Waals surface area contributed by atoms with Crippen molar-refractivity contribution in [1.29, 1.82) is 0 Å². The van der Waals surface area contributed by atoms with E-state index in [-0.39, 0.29) is 55.3 Å². The molecule has 13 heteroatoms. The second kappa shape index (κ2) is 21.8. The van der Waals surface area contributed by atoms with Crippen molar-refractivity contribution in [3.05, 3.63) is 144 Å². The van der Waals surface area contributed by atoms with Crippen molar-refractivity contribution in [3.8, 4) is 0 Å². The predicted octanol–water partition coefficient (Wildman–Crippen LogP) is 5.09. The lowest BCUT2D eigenvalue weighted by Gasteiger charge is -2.40. The van der Waals surface area contributed by atoms with Gasteiger partial charge in [-0.15, -0.1) is 0 Å². The number of nitrogens with zero attached hydrogens (tertiary/aromatic N) is 3. The van der Waals surface area contributed by atoms with E-state index in [0.717, 1.165) is 41.5 Å². The molecule has 2 atom stereocenters. The zero-order valence-corrected chi connectivity index (χ0v) is 35.5. The fourth-order valence-corrected chi connectivity index (χ4v) is 9.01. The number of carbonyl (C=O) groups excluding carboxylic acids is 5. The topological polar surface area (TPSA) is 169 Å². The SMILES string of the molecule is CCOC(=O)CNCCCC(=O)N1CCC[C@H]1C(O)(c1ccccc1)c1ccccc1.O=C1CN(CCCC(=O)N2CCC[C@H]2C(O)(c2ccccc2)c2ccccc2)C(=O)N1. The van der Waals surface area contributed by atoms with Gasteiger partial charge in [0.1, 0.15) is 17.7 Å². The van der Waals surface area contributed by atoms with Gasteiger partial charge in [-0.25, -0.2) is 4.79 Å². The summed E-state index contributed by atoms with van der Waals surface area (Å²) in [4.78, 5) is 65.6. The molecule has 13 nitrogen and oxygen atoms in total. The van der Waals surface area contributed by atoms with Gasteiger partial charge in [0.25, 0.3) is 0 Å². The van der Waals surface area contributed by atoms with E-state index in [0.29, 0.717) is 58.5 Å². The second-order valence-electron chi connectivity index (χ2n) is 16.0. The molecule has 4 N–H and O–H groups in total. The van der Waals surface area contributed by atoms with Crippen LogP contribution >= 0.6 is 0 Å². The summed E-state index contributed by atoms with van der Waals surface area (Å²) in [6.45, 7) is 4.47.